The molecule has 0 aromatic heterocycles. The van der Waals surface area contributed by atoms with Crippen LogP contribution in [0.15, 0.2) is 0 Å². The van der Waals surface area contributed by atoms with Gasteiger partial charge < -0.3 is 0 Å². The minimum atomic E-state index is -2.83. The first-order valence-electron chi connectivity index (χ1n) is 3.59. The molecule has 0 bridgehead atoms. The standard InChI is InChI=1S/C8H13F2N/c1-4-6-11-7(5-2)8(3,9)10/h2,7,11H,4,6H2,1,3H3. The molecule has 1 atom stereocenters. The van der Waals surface area contributed by atoms with Gasteiger partial charge in [0.05, 0.1) is 0 Å². The first-order chi connectivity index (χ1) is 5.02. The van der Waals surface area contributed by atoms with Crippen LogP contribution in [0.25, 0.3) is 0 Å². The highest BCUT2D eigenvalue weighted by Gasteiger charge is 2.31. The number of rotatable bonds is 4. The van der Waals surface area contributed by atoms with E-state index in [1.54, 1.807) is 0 Å². The lowest BCUT2D eigenvalue weighted by Gasteiger charge is -2.19. The molecule has 0 radical (unpaired) electrons. The largest absolute Gasteiger partial charge is 0.299 e. The molecule has 64 valence electrons. The SMILES string of the molecule is C#CC(NCCC)C(C)(F)F. The van der Waals surface area contributed by atoms with Crippen LogP contribution in [0, 0.1) is 12.3 Å². The maximum Gasteiger partial charge on any atom is 0.271 e. The monoisotopic (exact) mass is 161 g/mol. The summed E-state index contributed by atoms with van der Waals surface area (Å²) in [5, 5.41) is 2.57. The normalized spacial score (nSPS) is 14.1. The molecule has 11 heavy (non-hydrogen) atoms. The van der Waals surface area contributed by atoms with Gasteiger partial charge in [0.2, 0.25) is 0 Å². The molecular weight excluding hydrogens is 148 g/mol. The molecule has 0 aliphatic rings. The molecule has 0 amide bonds. The third-order valence-corrected chi connectivity index (χ3v) is 1.27. The summed E-state index contributed by atoms with van der Waals surface area (Å²) >= 11 is 0. The quantitative estimate of drug-likeness (QED) is 0.618. The van der Waals surface area contributed by atoms with Gasteiger partial charge in [0.15, 0.2) is 0 Å². The molecule has 0 aliphatic carbocycles. The molecule has 1 N–H and O–H groups in total. The van der Waals surface area contributed by atoms with E-state index in [4.69, 9.17) is 6.42 Å². The van der Waals surface area contributed by atoms with Crippen molar-refractivity contribution >= 4 is 0 Å². The van der Waals surface area contributed by atoms with Crippen LogP contribution in [0.5, 0.6) is 0 Å². The summed E-state index contributed by atoms with van der Waals surface area (Å²) in [6, 6.07) is -1.14. The molecule has 0 aliphatic heterocycles. The summed E-state index contributed by atoms with van der Waals surface area (Å²) in [5.41, 5.74) is 0. The van der Waals surface area contributed by atoms with E-state index in [0.717, 1.165) is 13.3 Å². The number of hydrogen-bond donors (Lipinski definition) is 1. The van der Waals surface area contributed by atoms with Crippen LogP contribution < -0.4 is 5.32 Å². The predicted molar refractivity (Wildman–Crippen MR) is 41.5 cm³/mol. The zero-order chi connectivity index (χ0) is 8.91. The second kappa shape index (κ2) is 4.30. The minimum absolute atomic E-state index is 0.526. The Balaban J connectivity index is 3.89. The van der Waals surface area contributed by atoms with Crippen LogP contribution in [0.2, 0.25) is 0 Å². The Morgan fingerprint density at radius 1 is 1.64 bits per heavy atom. The van der Waals surface area contributed by atoms with Gasteiger partial charge in [0.25, 0.3) is 5.92 Å². The van der Waals surface area contributed by atoms with Crippen molar-refractivity contribution < 1.29 is 8.78 Å². The maximum absolute atomic E-state index is 12.5. The van der Waals surface area contributed by atoms with Gasteiger partial charge in [-0.1, -0.05) is 12.8 Å². The topological polar surface area (TPSA) is 12.0 Å². The lowest BCUT2D eigenvalue weighted by Crippen LogP contribution is -2.42. The molecule has 0 heterocycles. The van der Waals surface area contributed by atoms with Crippen molar-refractivity contribution in [1.82, 2.24) is 5.32 Å². The molecular formula is C8H13F2N. The lowest BCUT2D eigenvalue weighted by atomic mass is 10.2. The van der Waals surface area contributed by atoms with E-state index >= 15 is 0 Å². The Bertz CT molecular complexity index is 143. The Morgan fingerprint density at radius 3 is 2.45 bits per heavy atom. The van der Waals surface area contributed by atoms with Crippen molar-refractivity contribution in [3.05, 3.63) is 0 Å². The molecule has 3 heteroatoms. The fourth-order valence-corrected chi connectivity index (χ4v) is 0.673. The van der Waals surface area contributed by atoms with Crippen LogP contribution in [-0.4, -0.2) is 18.5 Å². The first-order valence-corrected chi connectivity index (χ1v) is 3.59. The third-order valence-electron chi connectivity index (χ3n) is 1.27. The number of hydrogen-bond acceptors (Lipinski definition) is 1. The number of terminal acetylenes is 1. The molecule has 0 fully saturated rings. The van der Waals surface area contributed by atoms with Crippen molar-refractivity contribution in [2.75, 3.05) is 6.54 Å². The van der Waals surface area contributed by atoms with Gasteiger partial charge >= 0.3 is 0 Å². The fraction of sp³-hybridized carbons (Fsp3) is 0.750. The Morgan fingerprint density at radius 2 is 2.18 bits per heavy atom. The summed E-state index contributed by atoms with van der Waals surface area (Å²) < 4.78 is 25.0. The zero-order valence-corrected chi connectivity index (χ0v) is 6.82. The third kappa shape index (κ3) is 3.94. The zero-order valence-electron chi connectivity index (χ0n) is 6.82. The van der Waals surface area contributed by atoms with Crippen LogP contribution in [0.4, 0.5) is 8.78 Å². The Labute approximate surface area is 66.2 Å². The van der Waals surface area contributed by atoms with Gasteiger partial charge in [-0.3, -0.25) is 5.32 Å². The summed E-state index contributed by atoms with van der Waals surface area (Å²) in [5.74, 6) is -0.814. The van der Waals surface area contributed by atoms with Gasteiger partial charge in [0, 0.05) is 6.92 Å². The average Bonchev–Trinajstić information content (AvgIpc) is 1.87. The molecule has 1 unspecified atom stereocenters. The van der Waals surface area contributed by atoms with Gasteiger partial charge in [-0.2, -0.15) is 0 Å². The second-order valence-electron chi connectivity index (χ2n) is 2.51. The summed E-state index contributed by atoms with van der Waals surface area (Å²) in [6.45, 7) is 3.24. The molecule has 0 aromatic carbocycles. The molecule has 1 nitrogen and oxygen atoms in total. The summed E-state index contributed by atoms with van der Waals surface area (Å²) in [7, 11) is 0. The van der Waals surface area contributed by atoms with Crippen molar-refractivity contribution in [2.45, 2.75) is 32.2 Å². The van der Waals surface area contributed by atoms with E-state index in [-0.39, 0.29) is 0 Å². The Hall–Kier alpha value is -0.620. The highest BCUT2D eigenvalue weighted by molar-refractivity contribution is 5.04. The minimum Gasteiger partial charge on any atom is -0.299 e. The summed E-state index contributed by atoms with van der Waals surface area (Å²) in [4.78, 5) is 0. The number of halogens is 2. The van der Waals surface area contributed by atoms with E-state index in [1.165, 1.54) is 0 Å². The lowest BCUT2D eigenvalue weighted by molar-refractivity contribution is 0.000778. The van der Waals surface area contributed by atoms with Crippen molar-refractivity contribution in [3.63, 3.8) is 0 Å². The van der Waals surface area contributed by atoms with Crippen molar-refractivity contribution in [1.29, 1.82) is 0 Å². The maximum atomic E-state index is 12.5. The first kappa shape index (κ1) is 10.4. The smallest absolute Gasteiger partial charge is 0.271 e. The van der Waals surface area contributed by atoms with Gasteiger partial charge in [-0.05, 0) is 13.0 Å². The highest BCUT2D eigenvalue weighted by atomic mass is 19.3. The predicted octanol–water partition coefficient (Wildman–Crippen LogP) is 1.64. The van der Waals surface area contributed by atoms with Crippen molar-refractivity contribution in [3.8, 4) is 12.3 Å². The van der Waals surface area contributed by atoms with Gasteiger partial charge in [-0.15, -0.1) is 6.42 Å². The average molecular weight is 161 g/mol. The Kier molecular flexibility index (Phi) is 4.06. The number of nitrogens with one attached hydrogen (secondary N) is 1. The van der Waals surface area contributed by atoms with Crippen LogP contribution in [0.1, 0.15) is 20.3 Å². The van der Waals surface area contributed by atoms with E-state index in [0.29, 0.717) is 6.54 Å². The van der Waals surface area contributed by atoms with Crippen LogP contribution in [0.3, 0.4) is 0 Å². The molecule has 0 aromatic rings. The second-order valence-corrected chi connectivity index (χ2v) is 2.51. The van der Waals surface area contributed by atoms with Crippen LogP contribution >= 0.6 is 0 Å². The van der Waals surface area contributed by atoms with E-state index in [9.17, 15) is 8.78 Å². The molecule has 0 saturated heterocycles. The molecule has 0 saturated carbocycles. The van der Waals surface area contributed by atoms with Gasteiger partial charge in [-0.25, -0.2) is 8.78 Å². The van der Waals surface area contributed by atoms with E-state index < -0.39 is 12.0 Å². The molecule has 0 spiro atoms. The number of alkyl halides is 2. The van der Waals surface area contributed by atoms with Crippen molar-refractivity contribution in [2.24, 2.45) is 0 Å². The molecule has 0 rings (SSSR count). The highest BCUT2D eigenvalue weighted by Crippen LogP contribution is 2.16. The van der Waals surface area contributed by atoms with E-state index in [2.05, 4.69) is 5.32 Å². The summed E-state index contributed by atoms with van der Waals surface area (Å²) in [6.07, 6.45) is 5.71. The van der Waals surface area contributed by atoms with E-state index in [1.807, 2.05) is 12.8 Å². The fourth-order valence-electron chi connectivity index (χ4n) is 0.673. The van der Waals surface area contributed by atoms with Crippen LogP contribution in [-0.2, 0) is 0 Å². The van der Waals surface area contributed by atoms with Gasteiger partial charge in [0.1, 0.15) is 6.04 Å².